The second-order valence-electron chi connectivity index (χ2n) is 3.36. The summed E-state index contributed by atoms with van der Waals surface area (Å²) in [7, 11) is 0. The van der Waals surface area contributed by atoms with Gasteiger partial charge in [0.25, 0.3) is 0 Å². The van der Waals surface area contributed by atoms with Gasteiger partial charge in [-0.15, -0.1) is 0 Å². The van der Waals surface area contributed by atoms with Gasteiger partial charge in [-0.25, -0.2) is 4.98 Å². The Morgan fingerprint density at radius 3 is 2.78 bits per heavy atom. The molecule has 0 saturated carbocycles. The molecule has 0 amide bonds. The fourth-order valence-corrected chi connectivity index (χ4v) is 1.60. The highest BCUT2D eigenvalue weighted by Crippen LogP contribution is 2.30. The maximum atomic E-state index is 11.9. The van der Waals surface area contributed by atoms with Crippen LogP contribution in [0.4, 0.5) is 24.7 Å². The minimum Gasteiger partial charge on any atom is -0.364 e. The fraction of sp³-hybridized carbons (Fsp3) is 0.444. The number of halogens is 3. The third-order valence-electron chi connectivity index (χ3n) is 1.86. The Bertz CT molecular complexity index is 440. The molecule has 0 fully saturated rings. The Labute approximate surface area is 105 Å². The standard InChI is InChI=1S/C9H10F3N3O2S/c1-6-4-7(15(16)17)8(14-5-6)13-2-3-18-9(10,11)12/h4-5H,2-3H2,1H3,(H,13,14). The third-order valence-corrected chi connectivity index (χ3v) is 2.60. The summed E-state index contributed by atoms with van der Waals surface area (Å²) in [5.74, 6) is -0.260. The fourth-order valence-electron chi connectivity index (χ4n) is 1.17. The number of aryl methyl sites for hydroxylation is 1. The van der Waals surface area contributed by atoms with Gasteiger partial charge in [-0.1, -0.05) is 0 Å². The Balaban J connectivity index is 2.59. The highest BCUT2D eigenvalue weighted by atomic mass is 32.2. The summed E-state index contributed by atoms with van der Waals surface area (Å²) >= 11 is -0.190. The van der Waals surface area contributed by atoms with Crippen LogP contribution in [0.3, 0.4) is 0 Å². The zero-order valence-electron chi connectivity index (χ0n) is 9.32. The number of rotatable bonds is 5. The van der Waals surface area contributed by atoms with Crippen LogP contribution in [0.25, 0.3) is 0 Å². The molecule has 18 heavy (non-hydrogen) atoms. The molecule has 1 aromatic rings. The minimum atomic E-state index is -4.30. The van der Waals surface area contributed by atoms with Crippen molar-refractivity contribution in [2.24, 2.45) is 0 Å². The van der Waals surface area contributed by atoms with Gasteiger partial charge in [0.05, 0.1) is 4.92 Å². The summed E-state index contributed by atoms with van der Waals surface area (Å²) < 4.78 is 35.6. The number of hydrogen-bond donors (Lipinski definition) is 1. The Hall–Kier alpha value is -1.51. The monoisotopic (exact) mass is 281 g/mol. The first-order valence-electron chi connectivity index (χ1n) is 4.85. The maximum Gasteiger partial charge on any atom is 0.441 e. The van der Waals surface area contributed by atoms with Gasteiger partial charge in [0.15, 0.2) is 0 Å². The van der Waals surface area contributed by atoms with Gasteiger partial charge < -0.3 is 5.32 Å². The molecular formula is C9H10F3N3O2S. The lowest BCUT2D eigenvalue weighted by atomic mass is 10.3. The molecule has 1 aromatic heterocycles. The van der Waals surface area contributed by atoms with E-state index in [4.69, 9.17) is 0 Å². The van der Waals surface area contributed by atoms with Crippen LogP contribution in [-0.2, 0) is 0 Å². The molecule has 0 aliphatic rings. The zero-order valence-corrected chi connectivity index (χ0v) is 10.1. The molecule has 0 spiro atoms. The van der Waals surface area contributed by atoms with E-state index in [0.717, 1.165) is 0 Å². The number of anilines is 1. The molecule has 0 radical (unpaired) electrons. The number of nitrogens with zero attached hydrogens (tertiary/aromatic N) is 2. The van der Waals surface area contributed by atoms with Crippen LogP contribution in [0.2, 0.25) is 0 Å². The first-order chi connectivity index (χ1) is 8.29. The smallest absolute Gasteiger partial charge is 0.364 e. The second-order valence-corrected chi connectivity index (χ2v) is 4.52. The summed E-state index contributed by atoms with van der Waals surface area (Å²) in [4.78, 5) is 13.9. The first-order valence-corrected chi connectivity index (χ1v) is 5.84. The molecule has 0 bridgehead atoms. The number of aromatic nitrogens is 1. The van der Waals surface area contributed by atoms with Gasteiger partial charge in [-0.05, 0) is 24.2 Å². The van der Waals surface area contributed by atoms with Crippen molar-refractivity contribution in [3.63, 3.8) is 0 Å². The molecular weight excluding hydrogens is 271 g/mol. The number of pyridine rings is 1. The molecule has 1 N–H and O–H groups in total. The van der Waals surface area contributed by atoms with Crippen LogP contribution >= 0.6 is 11.8 Å². The van der Waals surface area contributed by atoms with Gasteiger partial charge in [-0.2, -0.15) is 13.2 Å². The van der Waals surface area contributed by atoms with Gasteiger partial charge in [0.1, 0.15) is 0 Å². The number of thioether (sulfide) groups is 1. The normalized spacial score (nSPS) is 11.3. The second kappa shape index (κ2) is 5.89. The molecule has 0 aliphatic carbocycles. The Kier molecular flexibility index (Phi) is 4.76. The summed E-state index contributed by atoms with van der Waals surface area (Å²) in [6.07, 6.45) is 1.41. The van der Waals surface area contributed by atoms with Crippen LogP contribution in [0, 0.1) is 17.0 Å². The lowest BCUT2D eigenvalue weighted by Crippen LogP contribution is -2.11. The van der Waals surface area contributed by atoms with Gasteiger partial charge in [0.2, 0.25) is 5.82 Å². The molecule has 1 rings (SSSR count). The Morgan fingerprint density at radius 1 is 1.56 bits per heavy atom. The van der Waals surface area contributed by atoms with E-state index in [9.17, 15) is 23.3 Å². The van der Waals surface area contributed by atoms with E-state index in [1.54, 1.807) is 6.92 Å². The molecule has 0 unspecified atom stereocenters. The van der Waals surface area contributed by atoms with Crippen LogP contribution in [0.15, 0.2) is 12.3 Å². The third kappa shape index (κ3) is 4.78. The van der Waals surface area contributed by atoms with E-state index in [1.807, 2.05) is 0 Å². The first kappa shape index (κ1) is 14.6. The van der Waals surface area contributed by atoms with Crippen molar-refractivity contribution in [1.82, 2.24) is 4.98 Å². The quantitative estimate of drug-likeness (QED) is 0.510. The van der Waals surface area contributed by atoms with Crippen molar-refractivity contribution in [3.8, 4) is 0 Å². The van der Waals surface area contributed by atoms with E-state index in [2.05, 4.69) is 10.3 Å². The predicted octanol–water partition coefficient (Wildman–Crippen LogP) is 2.96. The minimum absolute atomic E-state index is 0.0200. The van der Waals surface area contributed by atoms with Crippen LogP contribution in [-0.4, -0.2) is 27.7 Å². The summed E-state index contributed by atoms with van der Waals surface area (Å²) in [6, 6.07) is 1.31. The van der Waals surface area contributed by atoms with E-state index in [-0.39, 0.29) is 35.6 Å². The number of nitrogens with one attached hydrogen (secondary N) is 1. The van der Waals surface area contributed by atoms with Crippen LogP contribution < -0.4 is 5.32 Å². The lowest BCUT2D eigenvalue weighted by Gasteiger charge is -2.08. The largest absolute Gasteiger partial charge is 0.441 e. The molecule has 0 aromatic carbocycles. The van der Waals surface area contributed by atoms with Crippen LogP contribution in [0.1, 0.15) is 5.56 Å². The summed E-state index contributed by atoms with van der Waals surface area (Å²) in [6.45, 7) is 1.59. The van der Waals surface area contributed by atoms with Crippen molar-refractivity contribution >= 4 is 23.3 Å². The molecule has 5 nitrogen and oxygen atoms in total. The highest BCUT2D eigenvalue weighted by molar-refractivity contribution is 8.00. The topological polar surface area (TPSA) is 68.1 Å². The zero-order chi connectivity index (χ0) is 13.8. The Morgan fingerprint density at radius 2 is 2.22 bits per heavy atom. The molecule has 0 aliphatic heterocycles. The van der Waals surface area contributed by atoms with E-state index in [0.29, 0.717) is 5.56 Å². The van der Waals surface area contributed by atoms with Gasteiger partial charge in [0, 0.05) is 24.6 Å². The van der Waals surface area contributed by atoms with Crippen molar-refractivity contribution in [3.05, 3.63) is 27.9 Å². The number of nitro groups is 1. The molecule has 0 atom stereocenters. The van der Waals surface area contributed by atoms with Gasteiger partial charge in [-0.3, -0.25) is 10.1 Å². The SMILES string of the molecule is Cc1cnc(NCCSC(F)(F)F)c([N+](=O)[O-])c1. The number of alkyl halides is 3. The average Bonchev–Trinajstić information content (AvgIpc) is 2.24. The van der Waals surface area contributed by atoms with Crippen LogP contribution in [0.5, 0.6) is 0 Å². The number of hydrogen-bond acceptors (Lipinski definition) is 5. The molecule has 1 heterocycles. The molecule has 0 saturated heterocycles. The molecule has 9 heteroatoms. The van der Waals surface area contributed by atoms with E-state index in [1.165, 1.54) is 12.3 Å². The highest BCUT2D eigenvalue weighted by Gasteiger charge is 2.27. The van der Waals surface area contributed by atoms with Crippen molar-refractivity contribution in [2.75, 3.05) is 17.6 Å². The van der Waals surface area contributed by atoms with Gasteiger partial charge >= 0.3 is 11.2 Å². The average molecular weight is 281 g/mol. The van der Waals surface area contributed by atoms with Crippen molar-refractivity contribution in [1.29, 1.82) is 0 Å². The maximum absolute atomic E-state index is 11.9. The van der Waals surface area contributed by atoms with Crippen molar-refractivity contribution in [2.45, 2.75) is 12.4 Å². The summed E-state index contributed by atoms with van der Waals surface area (Å²) in [5.41, 5.74) is -3.93. The predicted molar refractivity (Wildman–Crippen MR) is 62.6 cm³/mol. The van der Waals surface area contributed by atoms with E-state index < -0.39 is 10.4 Å². The van der Waals surface area contributed by atoms with Crippen molar-refractivity contribution < 1.29 is 18.1 Å². The van der Waals surface area contributed by atoms with E-state index >= 15 is 0 Å². The summed E-state index contributed by atoms with van der Waals surface area (Å²) in [5, 5.41) is 13.2. The molecule has 100 valence electrons. The lowest BCUT2D eigenvalue weighted by molar-refractivity contribution is -0.384.